The lowest BCUT2D eigenvalue weighted by Gasteiger charge is -2.25. The standard InChI is InChI=1S/C13H14N2O2/c16-11-3-1-10(2-4-11)13-15-8-12(17-13)5-9-6-14-7-9/h1-4,8-9,14,16H,5-7H2. The molecule has 1 aromatic heterocycles. The second-order valence-electron chi connectivity index (χ2n) is 4.41. The van der Waals surface area contributed by atoms with Crippen molar-refractivity contribution in [2.75, 3.05) is 13.1 Å². The van der Waals surface area contributed by atoms with E-state index in [0.717, 1.165) is 30.8 Å². The van der Waals surface area contributed by atoms with Crippen LogP contribution in [0.2, 0.25) is 0 Å². The number of benzene rings is 1. The van der Waals surface area contributed by atoms with Crippen LogP contribution in [0.15, 0.2) is 34.9 Å². The Balaban J connectivity index is 1.76. The first-order valence-electron chi connectivity index (χ1n) is 5.76. The first kappa shape index (κ1) is 10.4. The summed E-state index contributed by atoms with van der Waals surface area (Å²) < 4.78 is 5.70. The van der Waals surface area contributed by atoms with Crippen LogP contribution in [0.3, 0.4) is 0 Å². The fraction of sp³-hybridized carbons (Fsp3) is 0.308. The second-order valence-corrected chi connectivity index (χ2v) is 4.41. The molecule has 2 heterocycles. The van der Waals surface area contributed by atoms with Crippen LogP contribution in [-0.2, 0) is 6.42 Å². The quantitative estimate of drug-likeness (QED) is 0.844. The number of phenolic OH excluding ortho intramolecular Hbond substituents is 1. The molecule has 0 unspecified atom stereocenters. The largest absolute Gasteiger partial charge is 0.508 e. The maximum Gasteiger partial charge on any atom is 0.226 e. The van der Waals surface area contributed by atoms with Gasteiger partial charge in [0.05, 0.1) is 6.20 Å². The third-order valence-electron chi connectivity index (χ3n) is 3.02. The van der Waals surface area contributed by atoms with Gasteiger partial charge in [-0.2, -0.15) is 0 Å². The van der Waals surface area contributed by atoms with Crippen molar-refractivity contribution in [3.63, 3.8) is 0 Å². The zero-order valence-corrected chi connectivity index (χ0v) is 9.39. The van der Waals surface area contributed by atoms with E-state index in [-0.39, 0.29) is 5.75 Å². The average Bonchev–Trinajstić information content (AvgIpc) is 2.73. The highest BCUT2D eigenvalue weighted by atomic mass is 16.4. The van der Waals surface area contributed by atoms with E-state index in [1.165, 1.54) is 0 Å². The van der Waals surface area contributed by atoms with Crippen molar-refractivity contribution in [3.05, 3.63) is 36.2 Å². The van der Waals surface area contributed by atoms with Gasteiger partial charge in [-0.3, -0.25) is 0 Å². The highest BCUT2D eigenvalue weighted by Gasteiger charge is 2.19. The van der Waals surface area contributed by atoms with Gasteiger partial charge in [-0.1, -0.05) is 0 Å². The fourth-order valence-corrected chi connectivity index (χ4v) is 1.92. The lowest BCUT2D eigenvalue weighted by atomic mass is 9.98. The Labute approximate surface area is 99.3 Å². The second kappa shape index (κ2) is 4.22. The molecule has 88 valence electrons. The van der Waals surface area contributed by atoms with Crippen LogP contribution in [0.5, 0.6) is 5.75 Å². The van der Waals surface area contributed by atoms with Gasteiger partial charge in [0.1, 0.15) is 11.5 Å². The zero-order chi connectivity index (χ0) is 11.7. The molecule has 17 heavy (non-hydrogen) atoms. The van der Waals surface area contributed by atoms with Crippen molar-refractivity contribution < 1.29 is 9.52 Å². The molecule has 0 atom stereocenters. The lowest BCUT2D eigenvalue weighted by molar-refractivity contribution is 0.324. The van der Waals surface area contributed by atoms with E-state index in [1.807, 2.05) is 0 Å². The van der Waals surface area contributed by atoms with Crippen LogP contribution >= 0.6 is 0 Å². The van der Waals surface area contributed by atoms with Crippen molar-refractivity contribution in [3.8, 4) is 17.2 Å². The van der Waals surface area contributed by atoms with Crippen LogP contribution < -0.4 is 5.32 Å². The Bertz CT molecular complexity index is 500. The molecule has 0 spiro atoms. The van der Waals surface area contributed by atoms with Gasteiger partial charge in [0, 0.05) is 12.0 Å². The first-order valence-corrected chi connectivity index (χ1v) is 5.76. The number of aromatic hydroxyl groups is 1. The first-order chi connectivity index (χ1) is 8.31. The van der Waals surface area contributed by atoms with E-state index in [2.05, 4.69) is 10.3 Å². The number of rotatable bonds is 3. The summed E-state index contributed by atoms with van der Waals surface area (Å²) in [5.74, 6) is 2.48. The van der Waals surface area contributed by atoms with Crippen molar-refractivity contribution in [1.29, 1.82) is 0 Å². The SMILES string of the molecule is Oc1ccc(-c2ncc(CC3CNC3)o2)cc1. The zero-order valence-electron chi connectivity index (χ0n) is 9.39. The number of aromatic nitrogens is 1. The number of nitrogens with one attached hydrogen (secondary N) is 1. The van der Waals surface area contributed by atoms with Gasteiger partial charge >= 0.3 is 0 Å². The van der Waals surface area contributed by atoms with E-state index >= 15 is 0 Å². The summed E-state index contributed by atoms with van der Waals surface area (Å²) in [6, 6.07) is 6.87. The van der Waals surface area contributed by atoms with Crippen LogP contribution in [0.25, 0.3) is 11.5 Å². The van der Waals surface area contributed by atoms with Crippen molar-refractivity contribution in [1.82, 2.24) is 10.3 Å². The minimum absolute atomic E-state index is 0.251. The normalized spacial score (nSPS) is 15.8. The molecule has 1 fully saturated rings. The van der Waals surface area contributed by atoms with E-state index in [9.17, 15) is 5.11 Å². The number of oxazole rings is 1. The number of hydrogen-bond acceptors (Lipinski definition) is 4. The summed E-state index contributed by atoms with van der Waals surface area (Å²) in [6.45, 7) is 2.13. The molecule has 1 aliphatic heterocycles. The van der Waals surface area contributed by atoms with Crippen LogP contribution in [0.1, 0.15) is 5.76 Å². The van der Waals surface area contributed by atoms with Crippen molar-refractivity contribution >= 4 is 0 Å². The summed E-state index contributed by atoms with van der Waals surface area (Å²) in [6.07, 6.45) is 2.73. The smallest absolute Gasteiger partial charge is 0.226 e. The highest BCUT2D eigenvalue weighted by molar-refractivity contribution is 5.54. The minimum atomic E-state index is 0.251. The molecule has 0 bridgehead atoms. The number of nitrogens with zero attached hydrogens (tertiary/aromatic N) is 1. The number of hydrogen-bond donors (Lipinski definition) is 2. The molecular weight excluding hydrogens is 216 g/mol. The van der Waals surface area contributed by atoms with Gasteiger partial charge in [-0.25, -0.2) is 4.98 Å². The van der Waals surface area contributed by atoms with Crippen molar-refractivity contribution in [2.24, 2.45) is 5.92 Å². The third-order valence-corrected chi connectivity index (χ3v) is 3.02. The maximum absolute atomic E-state index is 9.21. The monoisotopic (exact) mass is 230 g/mol. The predicted octanol–water partition coefficient (Wildman–Crippen LogP) is 1.81. The van der Waals surface area contributed by atoms with E-state index in [0.29, 0.717) is 11.8 Å². The number of phenols is 1. The van der Waals surface area contributed by atoms with E-state index < -0.39 is 0 Å². The Morgan fingerprint density at radius 1 is 1.29 bits per heavy atom. The molecular formula is C13H14N2O2. The van der Waals surface area contributed by atoms with Crippen LogP contribution in [0.4, 0.5) is 0 Å². The average molecular weight is 230 g/mol. The highest BCUT2D eigenvalue weighted by Crippen LogP contribution is 2.23. The van der Waals surface area contributed by atoms with E-state index in [1.54, 1.807) is 30.5 Å². The topological polar surface area (TPSA) is 58.3 Å². The molecule has 4 heteroatoms. The molecule has 1 aliphatic rings. The molecule has 1 saturated heterocycles. The summed E-state index contributed by atoms with van der Waals surface area (Å²) in [5, 5.41) is 12.4. The predicted molar refractivity (Wildman–Crippen MR) is 63.7 cm³/mol. The molecule has 0 radical (unpaired) electrons. The summed E-state index contributed by atoms with van der Waals surface area (Å²) in [5.41, 5.74) is 0.890. The summed E-state index contributed by atoms with van der Waals surface area (Å²) in [4.78, 5) is 4.26. The van der Waals surface area contributed by atoms with Gasteiger partial charge in [-0.05, 0) is 43.3 Å². The molecule has 0 saturated carbocycles. The molecule has 2 aromatic rings. The van der Waals surface area contributed by atoms with E-state index in [4.69, 9.17) is 4.42 Å². The molecule has 1 aromatic carbocycles. The summed E-state index contributed by atoms with van der Waals surface area (Å²) >= 11 is 0. The van der Waals surface area contributed by atoms with Gasteiger partial charge in [0.15, 0.2) is 0 Å². The van der Waals surface area contributed by atoms with Crippen molar-refractivity contribution in [2.45, 2.75) is 6.42 Å². The Hall–Kier alpha value is -1.81. The molecule has 3 rings (SSSR count). The van der Waals surface area contributed by atoms with Gasteiger partial charge in [-0.15, -0.1) is 0 Å². The van der Waals surface area contributed by atoms with Gasteiger partial charge in [0.25, 0.3) is 0 Å². The molecule has 0 amide bonds. The lowest BCUT2D eigenvalue weighted by Crippen LogP contribution is -2.42. The maximum atomic E-state index is 9.21. The van der Waals surface area contributed by atoms with Gasteiger partial charge in [0.2, 0.25) is 5.89 Å². The Kier molecular flexibility index (Phi) is 2.57. The molecule has 2 N–H and O–H groups in total. The third kappa shape index (κ3) is 2.17. The van der Waals surface area contributed by atoms with Crippen LogP contribution in [-0.4, -0.2) is 23.2 Å². The minimum Gasteiger partial charge on any atom is -0.508 e. The van der Waals surface area contributed by atoms with Gasteiger partial charge < -0.3 is 14.8 Å². The molecule has 4 nitrogen and oxygen atoms in total. The Morgan fingerprint density at radius 2 is 2.06 bits per heavy atom. The Morgan fingerprint density at radius 3 is 2.71 bits per heavy atom. The summed E-state index contributed by atoms with van der Waals surface area (Å²) in [7, 11) is 0. The fourth-order valence-electron chi connectivity index (χ4n) is 1.92. The molecule has 0 aliphatic carbocycles. The van der Waals surface area contributed by atoms with Crippen LogP contribution in [0, 0.1) is 5.92 Å².